The van der Waals surface area contributed by atoms with Gasteiger partial charge in [0.2, 0.25) is 0 Å². The Morgan fingerprint density at radius 3 is 2.40 bits per heavy atom. The minimum absolute atomic E-state index is 0.202. The number of likely N-dealkylation sites (N-methyl/N-ethyl adjacent to an activating group) is 2. The van der Waals surface area contributed by atoms with E-state index in [1.165, 1.54) is 12.1 Å². The summed E-state index contributed by atoms with van der Waals surface area (Å²) in [5.74, 6) is 0. The van der Waals surface area contributed by atoms with E-state index in [4.69, 9.17) is 11.6 Å². The van der Waals surface area contributed by atoms with E-state index in [1.54, 1.807) is 14.0 Å². The minimum atomic E-state index is -4.37. The average molecular weight is 244 g/mol. The van der Waals surface area contributed by atoms with Crippen LogP contribution in [0.4, 0.5) is 13.2 Å². The van der Waals surface area contributed by atoms with Gasteiger partial charge < -0.3 is 10.3 Å². The zero-order chi connectivity index (χ0) is 11.8. The molecule has 0 fully saturated rings. The largest absolute Gasteiger partial charge is 0.410 e. The summed E-state index contributed by atoms with van der Waals surface area (Å²) in [5.41, 5.74) is 2.69. The summed E-state index contributed by atoms with van der Waals surface area (Å²) >= 11 is 5.71. The topological polar surface area (TPSA) is 27.3 Å². The van der Waals surface area contributed by atoms with Gasteiger partial charge in [-0.1, -0.05) is 11.6 Å². The second-order valence-corrected chi connectivity index (χ2v) is 3.81. The fraction of sp³-hybridized carbons (Fsp3) is 0.750. The first kappa shape index (κ1) is 12.6. The normalized spacial score (nSPS) is 25.0. The van der Waals surface area contributed by atoms with Crippen LogP contribution in [0.1, 0.15) is 6.92 Å². The lowest BCUT2D eigenvalue weighted by atomic mass is 10.2. The predicted octanol–water partition coefficient (Wildman–Crippen LogP) is 1.43. The maximum absolute atomic E-state index is 12.5. The first-order chi connectivity index (χ1) is 6.79. The molecule has 1 aliphatic heterocycles. The Kier molecular flexibility index (Phi) is 3.52. The quantitative estimate of drug-likeness (QED) is 0.768. The number of hydrazine groups is 1. The van der Waals surface area contributed by atoms with Crippen LogP contribution in [0.5, 0.6) is 0 Å². The summed E-state index contributed by atoms with van der Waals surface area (Å²) in [6, 6.07) is -2.03. The Balaban J connectivity index is 2.99. The first-order valence-electron chi connectivity index (χ1n) is 4.42. The molecule has 0 aromatic heterocycles. The molecule has 0 amide bonds. The second kappa shape index (κ2) is 4.19. The molecule has 1 rings (SSSR count). The molecule has 2 unspecified atom stereocenters. The van der Waals surface area contributed by atoms with E-state index in [9.17, 15) is 13.2 Å². The third-order valence-electron chi connectivity index (χ3n) is 2.35. The van der Waals surface area contributed by atoms with Crippen molar-refractivity contribution in [1.29, 1.82) is 0 Å². The lowest BCUT2D eigenvalue weighted by Gasteiger charge is -2.22. The van der Waals surface area contributed by atoms with Crippen molar-refractivity contribution < 1.29 is 13.2 Å². The number of hydrogen-bond donors (Lipinski definition) is 2. The van der Waals surface area contributed by atoms with E-state index in [0.717, 1.165) is 0 Å². The van der Waals surface area contributed by atoms with Crippen molar-refractivity contribution in [3.63, 3.8) is 0 Å². The molecule has 0 saturated carbocycles. The van der Waals surface area contributed by atoms with E-state index in [1.807, 2.05) is 0 Å². The molecule has 7 heteroatoms. The minimum Gasteiger partial charge on any atom is -0.312 e. The molecular formula is C8H13ClF3N3. The van der Waals surface area contributed by atoms with Gasteiger partial charge in [-0.3, -0.25) is 0 Å². The average Bonchev–Trinajstić information content (AvgIpc) is 2.40. The molecule has 0 saturated heterocycles. The Bertz CT molecular complexity index is 277. The van der Waals surface area contributed by atoms with Crippen LogP contribution in [0.2, 0.25) is 0 Å². The zero-order valence-electron chi connectivity index (χ0n) is 8.61. The molecule has 1 heterocycles. The van der Waals surface area contributed by atoms with Gasteiger partial charge in [0.1, 0.15) is 0 Å². The van der Waals surface area contributed by atoms with E-state index in [2.05, 4.69) is 10.7 Å². The molecule has 3 nitrogen and oxygen atoms in total. The fourth-order valence-electron chi connectivity index (χ4n) is 1.48. The standard InChI is InChI=1S/C8H13ClF3N3/c1-4(13-2)6-5(9)7(8(10,11)12)14-15(6)3/h4,7,13-14H,1-3H3. The Labute approximate surface area is 91.2 Å². The monoisotopic (exact) mass is 243 g/mol. The molecule has 88 valence electrons. The van der Waals surface area contributed by atoms with Crippen molar-refractivity contribution in [3.8, 4) is 0 Å². The van der Waals surface area contributed by atoms with Gasteiger partial charge in [0.25, 0.3) is 0 Å². The number of halogens is 4. The van der Waals surface area contributed by atoms with Crippen molar-refractivity contribution in [1.82, 2.24) is 15.8 Å². The van der Waals surface area contributed by atoms with Gasteiger partial charge in [-0.2, -0.15) is 13.2 Å². The Morgan fingerprint density at radius 2 is 2.07 bits per heavy atom. The van der Waals surface area contributed by atoms with Gasteiger partial charge in [0.05, 0.1) is 10.7 Å². The SMILES string of the molecule is CNC(C)C1=C(Cl)C(C(F)(F)F)NN1C. The molecule has 15 heavy (non-hydrogen) atoms. The molecule has 0 aromatic rings. The van der Waals surface area contributed by atoms with Gasteiger partial charge in [0, 0.05) is 13.1 Å². The Hall–Kier alpha value is -0.460. The smallest absolute Gasteiger partial charge is 0.312 e. The summed E-state index contributed by atoms with van der Waals surface area (Å²) < 4.78 is 37.5. The van der Waals surface area contributed by atoms with E-state index in [-0.39, 0.29) is 11.1 Å². The van der Waals surface area contributed by atoms with Gasteiger partial charge in [-0.15, -0.1) is 0 Å². The van der Waals surface area contributed by atoms with Gasteiger partial charge in [-0.25, -0.2) is 5.43 Å². The van der Waals surface area contributed by atoms with Crippen LogP contribution in [0.25, 0.3) is 0 Å². The van der Waals surface area contributed by atoms with Crippen molar-refractivity contribution in [3.05, 3.63) is 10.7 Å². The van der Waals surface area contributed by atoms with Crippen molar-refractivity contribution >= 4 is 11.6 Å². The van der Waals surface area contributed by atoms with E-state index < -0.39 is 12.2 Å². The molecule has 0 aromatic carbocycles. The van der Waals surface area contributed by atoms with Crippen LogP contribution in [0, 0.1) is 0 Å². The Morgan fingerprint density at radius 1 is 1.53 bits per heavy atom. The van der Waals surface area contributed by atoms with E-state index in [0.29, 0.717) is 5.70 Å². The van der Waals surface area contributed by atoms with Crippen molar-refractivity contribution in [2.75, 3.05) is 14.1 Å². The van der Waals surface area contributed by atoms with Gasteiger partial charge in [0.15, 0.2) is 6.04 Å². The van der Waals surface area contributed by atoms with Crippen LogP contribution >= 0.6 is 11.6 Å². The van der Waals surface area contributed by atoms with Gasteiger partial charge in [-0.05, 0) is 14.0 Å². The van der Waals surface area contributed by atoms with Crippen LogP contribution in [0.3, 0.4) is 0 Å². The molecule has 0 aliphatic carbocycles. The zero-order valence-corrected chi connectivity index (χ0v) is 9.37. The van der Waals surface area contributed by atoms with Crippen LogP contribution in [0.15, 0.2) is 10.7 Å². The summed E-state index contributed by atoms with van der Waals surface area (Å²) in [5, 5.41) is 3.95. The molecule has 0 bridgehead atoms. The molecular weight excluding hydrogens is 231 g/mol. The highest BCUT2D eigenvalue weighted by Crippen LogP contribution is 2.35. The summed E-state index contributed by atoms with van der Waals surface area (Å²) in [6.07, 6.45) is -4.37. The van der Waals surface area contributed by atoms with Gasteiger partial charge >= 0.3 is 6.18 Å². The number of nitrogens with one attached hydrogen (secondary N) is 2. The van der Waals surface area contributed by atoms with Crippen LogP contribution in [-0.2, 0) is 0 Å². The molecule has 0 spiro atoms. The molecule has 2 atom stereocenters. The molecule has 2 N–H and O–H groups in total. The maximum Gasteiger partial charge on any atom is 0.410 e. The highest BCUT2D eigenvalue weighted by Gasteiger charge is 2.47. The number of alkyl halides is 3. The maximum atomic E-state index is 12.5. The van der Waals surface area contributed by atoms with Crippen molar-refractivity contribution in [2.45, 2.75) is 25.2 Å². The van der Waals surface area contributed by atoms with Crippen LogP contribution < -0.4 is 10.7 Å². The third kappa shape index (κ3) is 2.38. The highest BCUT2D eigenvalue weighted by molar-refractivity contribution is 6.31. The summed E-state index contributed by atoms with van der Waals surface area (Å²) in [4.78, 5) is 0. The number of rotatable bonds is 2. The highest BCUT2D eigenvalue weighted by atomic mass is 35.5. The third-order valence-corrected chi connectivity index (χ3v) is 2.76. The van der Waals surface area contributed by atoms with Crippen LogP contribution in [-0.4, -0.2) is 37.4 Å². The predicted molar refractivity (Wildman–Crippen MR) is 52.1 cm³/mol. The second-order valence-electron chi connectivity index (χ2n) is 3.41. The van der Waals surface area contributed by atoms with E-state index >= 15 is 0 Å². The molecule has 0 radical (unpaired) electrons. The van der Waals surface area contributed by atoms with Crippen molar-refractivity contribution in [2.24, 2.45) is 0 Å². The fourth-order valence-corrected chi connectivity index (χ4v) is 1.94. The number of nitrogens with zero attached hydrogens (tertiary/aromatic N) is 1. The number of hydrogen-bond acceptors (Lipinski definition) is 3. The lowest BCUT2D eigenvalue weighted by molar-refractivity contribution is -0.149. The summed E-state index contributed by atoms with van der Waals surface area (Å²) in [7, 11) is 3.17. The lowest BCUT2D eigenvalue weighted by Crippen LogP contribution is -2.44. The molecule has 1 aliphatic rings. The summed E-state index contributed by atoms with van der Waals surface area (Å²) in [6.45, 7) is 1.74. The first-order valence-corrected chi connectivity index (χ1v) is 4.80.